The van der Waals surface area contributed by atoms with Gasteiger partial charge in [0.15, 0.2) is 0 Å². The molecule has 0 saturated heterocycles. The van der Waals surface area contributed by atoms with Crippen molar-refractivity contribution < 1.29 is 29.1 Å². The Morgan fingerprint density at radius 3 is 2.23 bits per heavy atom. The number of hydrogen-bond acceptors (Lipinski definition) is 8. The van der Waals surface area contributed by atoms with Crippen molar-refractivity contribution in [1.29, 1.82) is 0 Å². The number of carboxylic acids is 1. The number of aromatic amines is 1. The van der Waals surface area contributed by atoms with Gasteiger partial charge in [0.2, 0.25) is 23.6 Å². The van der Waals surface area contributed by atoms with Crippen LogP contribution in [0.5, 0.6) is 0 Å². The van der Waals surface area contributed by atoms with Gasteiger partial charge in [0, 0.05) is 24.9 Å². The predicted octanol–water partition coefficient (Wildman–Crippen LogP) is -4.33. The lowest BCUT2D eigenvalue weighted by Crippen LogP contribution is -2.58. The fraction of sp³-hybridized carbons (Fsp3) is 0.500. The number of amides is 4. The van der Waals surface area contributed by atoms with Crippen molar-refractivity contribution in [1.82, 2.24) is 25.9 Å². The molecule has 1 aromatic rings. The van der Waals surface area contributed by atoms with Gasteiger partial charge in [-0.15, -0.1) is 0 Å². The molecule has 0 spiro atoms. The van der Waals surface area contributed by atoms with Gasteiger partial charge in [-0.05, 0) is 6.92 Å². The highest BCUT2D eigenvalue weighted by molar-refractivity contribution is 5.95. The smallest absolute Gasteiger partial charge is 0.305 e. The summed E-state index contributed by atoms with van der Waals surface area (Å²) in [6, 6.07) is -4.86. The van der Waals surface area contributed by atoms with E-state index >= 15 is 0 Å². The summed E-state index contributed by atoms with van der Waals surface area (Å²) in [5.74, 6) is -4.70. The Bertz CT molecular complexity index is 768. The van der Waals surface area contributed by atoms with E-state index in [1.165, 1.54) is 19.4 Å². The zero-order chi connectivity index (χ0) is 22.8. The van der Waals surface area contributed by atoms with Gasteiger partial charge in [-0.25, -0.2) is 4.98 Å². The molecule has 4 amide bonds. The second kappa shape index (κ2) is 11.5. The molecule has 0 aliphatic heterocycles. The molecule has 14 nitrogen and oxygen atoms in total. The number of H-pyrrole nitrogens is 1. The predicted molar refractivity (Wildman–Crippen MR) is 102 cm³/mol. The lowest BCUT2D eigenvalue weighted by atomic mass is 10.1. The van der Waals surface area contributed by atoms with E-state index in [1.807, 2.05) is 0 Å². The topological polar surface area (TPSA) is 248 Å². The van der Waals surface area contributed by atoms with Crippen LogP contribution in [0, 0.1) is 0 Å². The number of carbonyl (C=O) groups excluding carboxylic acids is 4. The molecular weight excluding hydrogens is 400 g/mol. The standard InChI is InChI=1S/C16H26N8O6/c1-7(22-15(29)9(18)4-17)14(28)24-11(3-12(25)26)16(30)23-10(13(19)27)2-8-5-20-6-21-8/h5-7,9-11H,2-4,17-18H2,1H3,(H2,19,27)(H,20,21)(H,22,29)(H,23,30)(H,24,28)(H,25,26)/t7-,9-,10-,11-/m0/s1. The second-order valence-corrected chi connectivity index (χ2v) is 6.48. The van der Waals surface area contributed by atoms with Gasteiger partial charge in [0.05, 0.1) is 18.8 Å². The van der Waals surface area contributed by atoms with Crippen molar-refractivity contribution in [3.8, 4) is 0 Å². The average Bonchev–Trinajstić information content (AvgIpc) is 3.18. The van der Waals surface area contributed by atoms with E-state index in [2.05, 4.69) is 25.9 Å². The first kappa shape index (κ1) is 24.5. The molecule has 1 aromatic heterocycles. The maximum Gasteiger partial charge on any atom is 0.305 e. The monoisotopic (exact) mass is 426 g/mol. The van der Waals surface area contributed by atoms with Crippen LogP contribution in [-0.4, -0.2) is 75.4 Å². The second-order valence-electron chi connectivity index (χ2n) is 6.48. The number of carboxylic acid groups (broad SMARTS) is 1. The molecule has 0 fully saturated rings. The molecule has 4 atom stereocenters. The summed E-state index contributed by atoms with van der Waals surface area (Å²) in [6.45, 7) is 1.17. The summed E-state index contributed by atoms with van der Waals surface area (Å²) in [6.07, 6.45) is 2.01. The largest absolute Gasteiger partial charge is 0.481 e. The van der Waals surface area contributed by atoms with Crippen molar-refractivity contribution >= 4 is 29.6 Å². The highest BCUT2D eigenvalue weighted by Gasteiger charge is 2.30. The van der Waals surface area contributed by atoms with E-state index in [9.17, 15) is 24.0 Å². The van der Waals surface area contributed by atoms with E-state index in [0.29, 0.717) is 5.69 Å². The van der Waals surface area contributed by atoms with E-state index < -0.39 is 60.2 Å². The van der Waals surface area contributed by atoms with E-state index in [-0.39, 0.29) is 13.0 Å². The number of nitrogens with zero attached hydrogens (tertiary/aromatic N) is 1. The molecule has 0 aromatic carbocycles. The van der Waals surface area contributed by atoms with Gasteiger partial charge in [-0.3, -0.25) is 24.0 Å². The van der Waals surface area contributed by atoms with Crippen LogP contribution in [0.1, 0.15) is 19.0 Å². The van der Waals surface area contributed by atoms with Crippen LogP contribution in [0.15, 0.2) is 12.5 Å². The van der Waals surface area contributed by atoms with Crippen LogP contribution in [-0.2, 0) is 30.4 Å². The fourth-order valence-electron chi connectivity index (χ4n) is 2.28. The third-order valence-electron chi connectivity index (χ3n) is 3.99. The van der Waals surface area contributed by atoms with E-state index in [4.69, 9.17) is 22.3 Å². The maximum atomic E-state index is 12.5. The first-order chi connectivity index (χ1) is 14.0. The van der Waals surface area contributed by atoms with E-state index in [0.717, 1.165) is 0 Å². The van der Waals surface area contributed by atoms with Crippen molar-refractivity contribution in [3.63, 3.8) is 0 Å². The third kappa shape index (κ3) is 7.84. The normalized spacial score (nSPS) is 14.6. The summed E-state index contributed by atoms with van der Waals surface area (Å²) >= 11 is 0. The summed E-state index contributed by atoms with van der Waals surface area (Å²) in [4.78, 5) is 65.8. The molecular formula is C16H26N8O6. The number of rotatable bonds is 12. The Morgan fingerprint density at radius 1 is 1.10 bits per heavy atom. The number of carbonyl (C=O) groups is 5. The van der Waals surface area contributed by atoms with Gasteiger partial charge in [0.25, 0.3) is 0 Å². The first-order valence-electron chi connectivity index (χ1n) is 8.90. The number of aliphatic carboxylic acids is 1. The highest BCUT2D eigenvalue weighted by Crippen LogP contribution is 2.01. The third-order valence-corrected chi connectivity index (χ3v) is 3.99. The molecule has 1 rings (SSSR count). The minimum absolute atomic E-state index is 0.0156. The first-order valence-corrected chi connectivity index (χ1v) is 8.90. The Balaban J connectivity index is 2.82. The van der Waals surface area contributed by atoms with E-state index in [1.54, 1.807) is 0 Å². The number of hydrogen-bond donors (Lipinski definition) is 8. The molecule has 1 heterocycles. The Hall–Kier alpha value is -3.52. The summed E-state index contributed by atoms with van der Waals surface area (Å²) in [7, 11) is 0. The fourth-order valence-corrected chi connectivity index (χ4v) is 2.28. The molecule has 166 valence electrons. The van der Waals surface area contributed by atoms with Crippen LogP contribution < -0.4 is 33.2 Å². The van der Waals surface area contributed by atoms with Gasteiger partial charge >= 0.3 is 5.97 Å². The number of nitrogens with one attached hydrogen (secondary N) is 4. The number of nitrogens with two attached hydrogens (primary N) is 3. The summed E-state index contributed by atoms with van der Waals surface area (Å²) < 4.78 is 0. The van der Waals surface area contributed by atoms with Crippen molar-refractivity contribution in [3.05, 3.63) is 18.2 Å². The highest BCUT2D eigenvalue weighted by atomic mass is 16.4. The quantitative estimate of drug-likeness (QED) is 0.161. The minimum atomic E-state index is -1.53. The van der Waals surface area contributed by atoms with Crippen molar-refractivity contribution in [2.24, 2.45) is 17.2 Å². The van der Waals surface area contributed by atoms with Crippen molar-refractivity contribution in [2.45, 2.75) is 43.9 Å². The SMILES string of the molecule is C[C@H](NC(=O)[C@@H](N)CN)C(=O)N[C@@H](CC(=O)O)C(=O)N[C@@H](Cc1cnc[nH]1)C(N)=O. The van der Waals surface area contributed by atoms with Crippen LogP contribution in [0.25, 0.3) is 0 Å². The molecule has 0 aliphatic rings. The average molecular weight is 426 g/mol. The summed E-state index contributed by atoms with van der Waals surface area (Å²) in [5.41, 5.74) is 16.5. The van der Waals surface area contributed by atoms with Gasteiger partial charge in [-0.2, -0.15) is 0 Å². The summed E-state index contributed by atoms with van der Waals surface area (Å²) in [5, 5.41) is 15.9. The zero-order valence-electron chi connectivity index (χ0n) is 16.3. The molecule has 0 aliphatic carbocycles. The molecule has 0 unspecified atom stereocenters. The number of imidazole rings is 1. The van der Waals surface area contributed by atoms with Crippen LogP contribution in [0.2, 0.25) is 0 Å². The minimum Gasteiger partial charge on any atom is -0.481 e. The Kier molecular flexibility index (Phi) is 9.38. The van der Waals surface area contributed by atoms with Gasteiger partial charge in [-0.1, -0.05) is 0 Å². The number of primary amides is 1. The molecule has 0 bridgehead atoms. The number of aromatic nitrogens is 2. The zero-order valence-corrected chi connectivity index (χ0v) is 16.3. The molecule has 11 N–H and O–H groups in total. The Morgan fingerprint density at radius 2 is 1.73 bits per heavy atom. The van der Waals surface area contributed by atoms with Crippen LogP contribution in [0.3, 0.4) is 0 Å². The van der Waals surface area contributed by atoms with Crippen LogP contribution >= 0.6 is 0 Å². The molecule has 0 radical (unpaired) electrons. The van der Waals surface area contributed by atoms with Crippen molar-refractivity contribution in [2.75, 3.05) is 6.54 Å². The van der Waals surface area contributed by atoms with Gasteiger partial charge in [0.1, 0.15) is 18.1 Å². The molecule has 0 saturated carbocycles. The molecule has 30 heavy (non-hydrogen) atoms. The van der Waals surface area contributed by atoms with Gasteiger partial charge < -0.3 is 43.2 Å². The molecule has 14 heteroatoms. The maximum absolute atomic E-state index is 12.5. The lowest BCUT2D eigenvalue weighted by molar-refractivity contribution is -0.141. The van der Waals surface area contributed by atoms with Crippen LogP contribution in [0.4, 0.5) is 0 Å². The Labute approximate surface area is 171 Å². The lowest BCUT2D eigenvalue weighted by Gasteiger charge is -2.23.